The van der Waals surface area contributed by atoms with Crippen molar-refractivity contribution in [3.63, 3.8) is 0 Å². The first-order valence-corrected chi connectivity index (χ1v) is 9.87. The highest BCUT2D eigenvalue weighted by molar-refractivity contribution is 7.99. The molecule has 0 saturated carbocycles. The van der Waals surface area contributed by atoms with Crippen LogP contribution in [0, 0.1) is 11.8 Å². The fourth-order valence-corrected chi connectivity index (χ4v) is 4.12. The fourth-order valence-electron chi connectivity index (χ4n) is 3.33. The van der Waals surface area contributed by atoms with Crippen molar-refractivity contribution < 1.29 is 4.79 Å². The van der Waals surface area contributed by atoms with E-state index in [-0.39, 0.29) is 5.91 Å². The number of rotatable bonds is 9. The van der Waals surface area contributed by atoms with Crippen LogP contribution in [0.3, 0.4) is 0 Å². The van der Waals surface area contributed by atoms with Gasteiger partial charge < -0.3 is 10.2 Å². The van der Waals surface area contributed by atoms with E-state index >= 15 is 0 Å². The summed E-state index contributed by atoms with van der Waals surface area (Å²) in [5, 5.41) is 15.0. The molecule has 0 bridgehead atoms. The van der Waals surface area contributed by atoms with Gasteiger partial charge in [-0.3, -0.25) is 4.79 Å². The van der Waals surface area contributed by atoms with Gasteiger partial charge in [0.1, 0.15) is 0 Å². The van der Waals surface area contributed by atoms with Gasteiger partial charge in [0.25, 0.3) is 0 Å². The second-order valence-electron chi connectivity index (χ2n) is 6.95. The number of hydrogen-bond acceptors (Lipinski definition) is 6. The van der Waals surface area contributed by atoms with Crippen LogP contribution in [0.15, 0.2) is 5.16 Å². The number of carbonyl (C=O) groups is 1. The molecular formula is C16H30N6OS. The average molecular weight is 355 g/mol. The fraction of sp³-hybridized carbons (Fsp3) is 0.875. The van der Waals surface area contributed by atoms with Gasteiger partial charge in [-0.2, -0.15) is 0 Å². The summed E-state index contributed by atoms with van der Waals surface area (Å²) in [5.41, 5.74) is 0. The first-order chi connectivity index (χ1) is 11.5. The van der Waals surface area contributed by atoms with Crippen LogP contribution in [0.25, 0.3) is 0 Å². The van der Waals surface area contributed by atoms with Gasteiger partial charge in [-0.1, -0.05) is 25.6 Å². The highest BCUT2D eigenvalue weighted by Crippen LogP contribution is 2.20. The minimum atomic E-state index is 0.109. The summed E-state index contributed by atoms with van der Waals surface area (Å²) in [4.78, 5) is 14.4. The highest BCUT2D eigenvalue weighted by atomic mass is 32.2. The summed E-state index contributed by atoms with van der Waals surface area (Å²) >= 11 is 1.50. The number of hydrogen-bond donors (Lipinski definition) is 1. The molecule has 0 spiro atoms. The first kappa shape index (κ1) is 19.2. The van der Waals surface area contributed by atoms with Crippen LogP contribution in [0.2, 0.25) is 0 Å². The summed E-state index contributed by atoms with van der Waals surface area (Å²) in [6.45, 7) is 9.07. The minimum Gasteiger partial charge on any atom is -0.356 e. The molecule has 1 aliphatic heterocycles. The Bertz CT molecular complexity index is 499. The van der Waals surface area contributed by atoms with Gasteiger partial charge in [0.2, 0.25) is 11.1 Å². The molecule has 0 aromatic carbocycles. The zero-order valence-electron chi connectivity index (χ0n) is 15.1. The molecule has 1 aliphatic rings. The molecule has 1 amide bonds. The Morgan fingerprint density at radius 1 is 1.29 bits per heavy atom. The van der Waals surface area contributed by atoms with Gasteiger partial charge in [0, 0.05) is 38.9 Å². The maximum Gasteiger partial charge on any atom is 0.220 e. The SMILES string of the molecule is CC1CC(C)CN(CCCCNC(=O)CCSc2nnnn2C)C1. The van der Waals surface area contributed by atoms with Crippen LogP contribution >= 0.6 is 11.8 Å². The van der Waals surface area contributed by atoms with Gasteiger partial charge in [-0.05, 0) is 48.1 Å². The lowest BCUT2D eigenvalue weighted by Crippen LogP contribution is -2.39. The Kier molecular flexibility index (Phi) is 7.98. The Hall–Kier alpha value is -1.15. The topological polar surface area (TPSA) is 75.9 Å². The molecule has 2 heterocycles. The third kappa shape index (κ3) is 6.76. The molecule has 1 fully saturated rings. The third-order valence-electron chi connectivity index (χ3n) is 4.31. The predicted molar refractivity (Wildman–Crippen MR) is 95.8 cm³/mol. The van der Waals surface area contributed by atoms with Gasteiger partial charge in [0.15, 0.2) is 0 Å². The minimum absolute atomic E-state index is 0.109. The lowest BCUT2D eigenvalue weighted by Gasteiger charge is -2.34. The van der Waals surface area contributed by atoms with Crippen LogP contribution < -0.4 is 5.32 Å². The third-order valence-corrected chi connectivity index (χ3v) is 5.32. The lowest BCUT2D eigenvalue weighted by molar-refractivity contribution is -0.120. The number of likely N-dealkylation sites (tertiary alicyclic amines) is 1. The van der Waals surface area contributed by atoms with Crippen molar-refractivity contribution in [3.05, 3.63) is 0 Å². The van der Waals surface area contributed by atoms with Gasteiger partial charge in [0.05, 0.1) is 0 Å². The Morgan fingerprint density at radius 3 is 2.71 bits per heavy atom. The largest absolute Gasteiger partial charge is 0.356 e. The Morgan fingerprint density at radius 2 is 2.04 bits per heavy atom. The number of piperidine rings is 1. The molecule has 1 N–H and O–H groups in total. The summed E-state index contributed by atoms with van der Waals surface area (Å²) in [6.07, 6.45) is 4.05. The van der Waals surface area contributed by atoms with Crippen molar-refractivity contribution >= 4 is 17.7 Å². The quantitative estimate of drug-likeness (QED) is 0.536. The molecule has 2 unspecified atom stereocenters. The lowest BCUT2D eigenvalue weighted by atomic mass is 9.92. The monoisotopic (exact) mass is 354 g/mol. The number of aromatic nitrogens is 4. The molecule has 8 heteroatoms. The maximum atomic E-state index is 11.8. The average Bonchev–Trinajstić information content (AvgIpc) is 2.91. The summed E-state index contributed by atoms with van der Waals surface area (Å²) < 4.78 is 1.62. The summed E-state index contributed by atoms with van der Waals surface area (Å²) in [7, 11) is 1.80. The number of aryl methyl sites for hydroxylation is 1. The second kappa shape index (κ2) is 9.98. The molecule has 24 heavy (non-hydrogen) atoms. The molecule has 0 radical (unpaired) electrons. The van der Waals surface area contributed by atoms with Crippen LogP contribution in [-0.2, 0) is 11.8 Å². The highest BCUT2D eigenvalue weighted by Gasteiger charge is 2.20. The van der Waals surface area contributed by atoms with Crippen molar-refractivity contribution in [2.45, 2.75) is 44.7 Å². The molecule has 2 atom stereocenters. The van der Waals surface area contributed by atoms with E-state index in [2.05, 4.69) is 39.6 Å². The molecule has 2 rings (SSSR count). The van der Waals surface area contributed by atoms with Crippen molar-refractivity contribution in [1.82, 2.24) is 30.4 Å². The molecule has 1 aromatic rings. The zero-order chi connectivity index (χ0) is 17.4. The summed E-state index contributed by atoms with van der Waals surface area (Å²) in [6, 6.07) is 0. The number of unbranched alkanes of at least 4 members (excludes halogenated alkanes) is 1. The Labute approximate surface area is 148 Å². The number of thioether (sulfide) groups is 1. The maximum absolute atomic E-state index is 11.8. The number of tetrazole rings is 1. The van der Waals surface area contributed by atoms with Crippen molar-refractivity contribution in [1.29, 1.82) is 0 Å². The van der Waals surface area contributed by atoms with Crippen LogP contribution in [0.5, 0.6) is 0 Å². The number of amides is 1. The van der Waals surface area contributed by atoms with E-state index < -0.39 is 0 Å². The number of carbonyl (C=O) groups excluding carboxylic acids is 1. The van der Waals surface area contributed by atoms with E-state index in [1.807, 2.05) is 0 Å². The van der Waals surface area contributed by atoms with E-state index in [0.29, 0.717) is 12.2 Å². The number of nitrogens with one attached hydrogen (secondary N) is 1. The van der Waals surface area contributed by atoms with Crippen LogP contribution in [-0.4, -0.2) is 62.9 Å². The van der Waals surface area contributed by atoms with E-state index in [9.17, 15) is 4.79 Å². The summed E-state index contributed by atoms with van der Waals surface area (Å²) in [5.74, 6) is 2.44. The first-order valence-electron chi connectivity index (χ1n) is 8.88. The van der Waals surface area contributed by atoms with Gasteiger partial charge >= 0.3 is 0 Å². The van der Waals surface area contributed by atoms with Crippen molar-refractivity contribution in [2.75, 3.05) is 31.9 Å². The normalized spacial score (nSPS) is 21.8. The standard InChI is InChI=1S/C16H30N6OS/c1-13-10-14(2)12-22(11-13)8-5-4-7-17-15(23)6-9-24-16-18-19-20-21(16)3/h13-14H,4-12H2,1-3H3,(H,17,23). The molecule has 1 aromatic heterocycles. The molecule has 0 aliphatic carbocycles. The van der Waals surface area contributed by atoms with E-state index in [1.54, 1.807) is 11.7 Å². The number of nitrogens with zero attached hydrogens (tertiary/aromatic N) is 5. The van der Waals surface area contributed by atoms with Crippen molar-refractivity contribution in [3.8, 4) is 0 Å². The van der Waals surface area contributed by atoms with E-state index in [0.717, 1.165) is 42.9 Å². The molecule has 7 nitrogen and oxygen atoms in total. The smallest absolute Gasteiger partial charge is 0.220 e. The zero-order valence-corrected chi connectivity index (χ0v) is 15.9. The predicted octanol–water partition coefficient (Wildman–Crippen LogP) is 1.57. The van der Waals surface area contributed by atoms with Gasteiger partial charge in [-0.25, -0.2) is 4.68 Å². The van der Waals surface area contributed by atoms with Gasteiger partial charge in [-0.15, -0.1) is 5.10 Å². The van der Waals surface area contributed by atoms with Crippen LogP contribution in [0.1, 0.15) is 39.5 Å². The van der Waals surface area contributed by atoms with Crippen LogP contribution in [0.4, 0.5) is 0 Å². The molecule has 1 saturated heterocycles. The Balaban J connectivity index is 1.48. The second-order valence-corrected chi connectivity index (χ2v) is 8.01. The van der Waals surface area contributed by atoms with E-state index in [1.165, 1.54) is 31.3 Å². The molecular weight excluding hydrogens is 324 g/mol. The molecule has 136 valence electrons. The van der Waals surface area contributed by atoms with E-state index in [4.69, 9.17) is 0 Å². The van der Waals surface area contributed by atoms with Crippen molar-refractivity contribution in [2.24, 2.45) is 18.9 Å².